The van der Waals surface area contributed by atoms with Crippen LogP contribution in [0.5, 0.6) is 0 Å². The van der Waals surface area contributed by atoms with E-state index >= 15 is 0 Å². The van der Waals surface area contributed by atoms with Gasteiger partial charge in [-0.25, -0.2) is 0 Å². The molecule has 5 rings (SSSR count). The van der Waals surface area contributed by atoms with Crippen molar-refractivity contribution in [2.24, 2.45) is 15.1 Å². The van der Waals surface area contributed by atoms with Crippen molar-refractivity contribution in [3.8, 4) is 0 Å². The van der Waals surface area contributed by atoms with Crippen LogP contribution >= 0.6 is 0 Å². The topological polar surface area (TPSA) is 81.5 Å². The molecule has 8 heteroatoms. The van der Waals surface area contributed by atoms with Crippen molar-refractivity contribution >= 4 is 35.3 Å². The Balaban J connectivity index is 1.48. The molecule has 8 nitrogen and oxygen atoms in total. The number of carbonyl (C=O) groups is 1. The maximum Gasteiger partial charge on any atom is 0.301 e. The lowest BCUT2D eigenvalue weighted by Crippen LogP contribution is -2.59. The summed E-state index contributed by atoms with van der Waals surface area (Å²) in [7, 11) is 0. The van der Waals surface area contributed by atoms with Gasteiger partial charge in [0, 0.05) is 11.4 Å². The third-order valence-corrected chi connectivity index (χ3v) is 6.38. The molecule has 1 aromatic carbocycles. The second-order valence-corrected chi connectivity index (χ2v) is 8.74. The number of guanidine groups is 1. The van der Waals surface area contributed by atoms with Gasteiger partial charge in [-0.1, -0.05) is 6.07 Å². The Labute approximate surface area is 170 Å². The van der Waals surface area contributed by atoms with Crippen molar-refractivity contribution in [3.63, 3.8) is 0 Å². The van der Waals surface area contributed by atoms with Crippen molar-refractivity contribution in [2.45, 2.75) is 58.0 Å². The fourth-order valence-electron chi connectivity index (χ4n) is 4.75. The highest BCUT2D eigenvalue weighted by molar-refractivity contribution is 6.30. The normalized spacial score (nSPS) is 31.9. The molecule has 0 saturated carbocycles. The molecule has 3 atom stereocenters. The molecule has 29 heavy (non-hydrogen) atoms. The van der Waals surface area contributed by atoms with Crippen LogP contribution in [0.4, 0.5) is 11.4 Å². The van der Waals surface area contributed by atoms with Gasteiger partial charge in [0.2, 0.25) is 5.91 Å². The third kappa shape index (κ3) is 2.59. The van der Waals surface area contributed by atoms with Crippen LogP contribution in [-0.4, -0.2) is 45.7 Å². The van der Waals surface area contributed by atoms with Gasteiger partial charge in [0.05, 0.1) is 23.7 Å². The molecular formula is C21H26N7O+. The van der Waals surface area contributed by atoms with Crippen molar-refractivity contribution in [1.82, 2.24) is 5.01 Å². The first-order valence-corrected chi connectivity index (χ1v) is 10.1. The van der Waals surface area contributed by atoms with Crippen LogP contribution in [0, 0.1) is 0 Å². The van der Waals surface area contributed by atoms with Gasteiger partial charge >= 0.3 is 5.84 Å². The lowest BCUT2D eigenvalue weighted by molar-refractivity contribution is -0.924. The molecule has 150 valence electrons. The number of nitrogens with one attached hydrogen (secondary N) is 2. The van der Waals surface area contributed by atoms with E-state index in [-0.39, 0.29) is 10.6 Å². The number of anilines is 2. The first-order valence-electron chi connectivity index (χ1n) is 10.1. The monoisotopic (exact) mass is 392 g/mol. The van der Waals surface area contributed by atoms with Crippen LogP contribution in [-0.2, 0) is 10.2 Å². The summed E-state index contributed by atoms with van der Waals surface area (Å²) in [5.41, 5.74) is 2.16. The number of carbonyl (C=O) groups excluding carboxylic acids is 1. The Morgan fingerprint density at radius 2 is 2.00 bits per heavy atom. The molecule has 1 aromatic rings. The molecular weight excluding hydrogens is 366 g/mol. The Kier molecular flexibility index (Phi) is 3.81. The van der Waals surface area contributed by atoms with Crippen LogP contribution in [0.25, 0.3) is 0 Å². The maximum absolute atomic E-state index is 12.2. The minimum Gasteiger partial charge on any atom is -0.325 e. The molecule has 0 radical (unpaired) electrons. The van der Waals surface area contributed by atoms with Gasteiger partial charge in [0.15, 0.2) is 6.20 Å². The largest absolute Gasteiger partial charge is 0.325 e. The molecule has 1 saturated heterocycles. The molecule has 4 aliphatic heterocycles. The van der Waals surface area contributed by atoms with E-state index in [4.69, 9.17) is 10.1 Å². The molecule has 2 N–H and O–H groups in total. The van der Waals surface area contributed by atoms with Crippen molar-refractivity contribution < 1.29 is 9.50 Å². The molecule has 3 unspecified atom stereocenters. The lowest BCUT2D eigenvalue weighted by atomic mass is 9.86. The summed E-state index contributed by atoms with van der Waals surface area (Å²) in [6.45, 7) is 8.34. The number of nitrogens with zero attached hydrogens (tertiary/aromatic N) is 5. The maximum atomic E-state index is 12.2. The average Bonchev–Trinajstić information content (AvgIpc) is 3.27. The van der Waals surface area contributed by atoms with Gasteiger partial charge < -0.3 is 10.6 Å². The third-order valence-electron chi connectivity index (χ3n) is 6.38. The minimum atomic E-state index is -0.516. The summed E-state index contributed by atoms with van der Waals surface area (Å²) in [4.78, 5) is 21.2. The molecule has 4 aliphatic rings. The number of rotatable bonds is 2. The summed E-state index contributed by atoms with van der Waals surface area (Å²) >= 11 is 0. The van der Waals surface area contributed by atoms with E-state index in [0.717, 1.165) is 35.6 Å². The van der Waals surface area contributed by atoms with Gasteiger partial charge in [0.25, 0.3) is 5.96 Å². The number of aliphatic imine (C=N–C) groups is 2. The Morgan fingerprint density at radius 3 is 2.76 bits per heavy atom. The zero-order valence-corrected chi connectivity index (χ0v) is 17.2. The molecule has 1 amide bonds. The second-order valence-electron chi connectivity index (χ2n) is 8.74. The highest BCUT2D eigenvalue weighted by Gasteiger charge is 2.52. The Hall–Kier alpha value is -2.84. The SMILES string of the molecule is CC1CCC(C)N1[N+]12C=CN=CC1=NC(Nc1ccc3c(c1)NC(=O)C3(C)C)=N2. The van der Waals surface area contributed by atoms with E-state index in [1.807, 2.05) is 38.2 Å². The van der Waals surface area contributed by atoms with Crippen LogP contribution < -0.4 is 10.6 Å². The number of fused-ring (bicyclic) bond motifs is 2. The fourth-order valence-corrected chi connectivity index (χ4v) is 4.75. The molecule has 0 bridgehead atoms. The Bertz CT molecular complexity index is 1010. The van der Waals surface area contributed by atoms with E-state index < -0.39 is 5.41 Å². The summed E-state index contributed by atoms with van der Waals surface area (Å²) in [6.07, 6.45) is 7.82. The second kappa shape index (κ2) is 6.08. The zero-order valence-electron chi connectivity index (χ0n) is 17.2. The highest BCUT2D eigenvalue weighted by atomic mass is 16.2. The fraction of sp³-hybridized carbons (Fsp3) is 0.429. The van der Waals surface area contributed by atoms with Gasteiger partial charge in [-0.05, 0) is 68.0 Å². The van der Waals surface area contributed by atoms with Crippen LogP contribution in [0.3, 0.4) is 0 Å². The standard InChI is InChI=1S/C21H25N7O/c1-13-5-6-14(2)27(13)28-10-9-22-12-18(28)25-20(26-28)23-15-7-8-16-17(11-15)24-19(29)21(16,3)4/h7-14H,5-6H2,1-4H3,(H-,23,24,26,29)/p+1. The smallest absolute Gasteiger partial charge is 0.301 e. The van der Waals surface area contributed by atoms with Crippen molar-refractivity contribution in [1.29, 1.82) is 0 Å². The number of amides is 1. The quantitative estimate of drug-likeness (QED) is 0.759. The first kappa shape index (κ1) is 18.2. The van der Waals surface area contributed by atoms with Gasteiger partial charge in [-0.15, -0.1) is 10.0 Å². The molecule has 4 heterocycles. The van der Waals surface area contributed by atoms with E-state index in [1.165, 1.54) is 0 Å². The van der Waals surface area contributed by atoms with Crippen molar-refractivity contribution in [3.05, 3.63) is 36.2 Å². The van der Waals surface area contributed by atoms with E-state index in [1.54, 1.807) is 12.4 Å². The summed E-state index contributed by atoms with van der Waals surface area (Å²) in [5, 5.41) is 13.6. The van der Waals surface area contributed by atoms with Gasteiger partial charge in [-0.2, -0.15) is 0 Å². The molecule has 1 fully saturated rings. The zero-order chi connectivity index (χ0) is 20.4. The van der Waals surface area contributed by atoms with E-state index in [9.17, 15) is 4.79 Å². The molecule has 0 aliphatic carbocycles. The summed E-state index contributed by atoms with van der Waals surface area (Å²) in [6, 6.07) is 6.69. The summed E-state index contributed by atoms with van der Waals surface area (Å²) in [5.74, 6) is 1.34. The lowest BCUT2D eigenvalue weighted by Gasteiger charge is -2.37. The van der Waals surface area contributed by atoms with Gasteiger partial charge in [0.1, 0.15) is 6.21 Å². The van der Waals surface area contributed by atoms with Crippen LogP contribution in [0.2, 0.25) is 0 Å². The predicted octanol–water partition coefficient (Wildman–Crippen LogP) is 3.17. The predicted molar refractivity (Wildman–Crippen MR) is 114 cm³/mol. The van der Waals surface area contributed by atoms with E-state index in [2.05, 4.69) is 34.5 Å². The Morgan fingerprint density at radius 1 is 1.24 bits per heavy atom. The minimum absolute atomic E-state index is 0.0168. The highest BCUT2D eigenvalue weighted by Crippen LogP contribution is 2.39. The summed E-state index contributed by atoms with van der Waals surface area (Å²) < 4.78 is 0.225. The number of benzene rings is 1. The number of amidine groups is 1. The molecule has 0 aromatic heterocycles. The average molecular weight is 392 g/mol. The first-order chi connectivity index (χ1) is 13.8. The van der Waals surface area contributed by atoms with Crippen molar-refractivity contribution in [2.75, 3.05) is 10.6 Å². The number of hydrogen-bond donors (Lipinski definition) is 2. The number of hydrogen-bond acceptors (Lipinski definition) is 6. The number of quaternary nitrogens is 1. The van der Waals surface area contributed by atoms with Gasteiger partial charge in [-0.3, -0.25) is 9.79 Å². The van der Waals surface area contributed by atoms with Crippen LogP contribution in [0.15, 0.2) is 45.7 Å². The van der Waals surface area contributed by atoms with E-state index in [0.29, 0.717) is 18.0 Å². The molecule has 0 spiro atoms. The van der Waals surface area contributed by atoms with Crippen LogP contribution in [0.1, 0.15) is 46.1 Å².